The summed E-state index contributed by atoms with van der Waals surface area (Å²) in [5, 5.41) is 12.2. The number of rotatable bonds is 7. The molecule has 0 atom stereocenters. The third kappa shape index (κ3) is 4.07. The van der Waals surface area contributed by atoms with E-state index >= 15 is 0 Å². The van der Waals surface area contributed by atoms with Gasteiger partial charge in [-0.1, -0.05) is 33.1 Å². The number of carboxylic acids is 1. The van der Waals surface area contributed by atoms with Gasteiger partial charge in [0.25, 0.3) is 5.91 Å². The first-order valence-electron chi connectivity index (χ1n) is 8.93. The van der Waals surface area contributed by atoms with Crippen molar-refractivity contribution in [1.82, 2.24) is 9.62 Å². The number of amides is 1. The highest BCUT2D eigenvalue weighted by Gasteiger charge is 2.41. The highest BCUT2D eigenvalue weighted by Crippen LogP contribution is 2.29. The maximum atomic E-state index is 12.5. The Bertz CT molecular complexity index is 748. The van der Waals surface area contributed by atoms with Crippen LogP contribution in [0.4, 0.5) is 0 Å². The summed E-state index contributed by atoms with van der Waals surface area (Å²) in [6.07, 6.45) is 3.29. The van der Waals surface area contributed by atoms with Gasteiger partial charge in [-0.3, -0.25) is 4.79 Å². The van der Waals surface area contributed by atoms with Crippen LogP contribution in [0.25, 0.3) is 0 Å². The van der Waals surface area contributed by atoms with Crippen molar-refractivity contribution >= 4 is 21.9 Å². The minimum atomic E-state index is -3.59. The second-order valence-electron chi connectivity index (χ2n) is 6.52. The number of carboxylic acid groups (broad SMARTS) is 1. The number of sulfonamides is 1. The van der Waals surface area contributed by atoms with Crippen LogP contribution in [0.15, 0.2) is 29.2 Å². The van der Waals surface area contributed by atoms with Crippen molar-refractivity contribution in [2.24, 2.45) is 0 Å². The van der Waals surface area contributed by atoms with E-state index in [1.807, 2.05) is 0 Å². The molecule has 1 aromatic rings. The molecule has 2 rings (SSSR count). The lowest BCUT2D eigenvalue weighted by Crippen LogP contribution is -2.55. The molecule has 8 heteroatoms. The smallest absolute Gasteiger partial charge is 0.329 e. The highest BCUT2D eigenvalue weighted by molar-refractivity contribution is 7.89. The van der Waals surface area contributed by atoms with Crippen LogP contribution >= 0.6 is 0 Å². The molecule has 0 aliphatic heterocycles. The first kappa shape index (κ1) is 20.4. The van der Waals surface area contributed by atoms with Gasteiger partial charge in [0.2, 0.25) is 10.0 Å². The minimum absolute atomic E-state index is 0.114. The molecule has 144 valence electrons. The van der Waals surface area contributed by atoms with Gasteiger partial charge in [-0.15, -0.1) is 0 Å². The molecule has 0 spiro atoms. The third-order valence-corrected chi connectivity index (χ3v) is 6.99. The number of nitrogens with one attached hydrogen (secondary N) is 1. The van der Waals surface area contributed by atoms with Crippen molar-refractivity contribution in [1.29, 1.82) is 0 Å². The number of hydrogen-bond acceptors (Lipinski definition) is 4. The Morgan fingerprint density at radius 1 is 1.08 bits per heavy atom. The van der Waals surface area contributed by atoms with Crippen LogP contribution in [-0.4, -0.2) is 48.3 Å². The Morgan fingerprint density at radius 3 is 2.08 bits per heavy atom. The van der Waals surface area contributed by atoms with Gasteiger partial charge in [-0.25, -0.2) is 13.2 Å². The maximum absolute atomic E-state index is 12.5. The molecule has 0 heterocycles. The maximum Gasteiger partial charge on any atom is 0.329 e. The zero-order chi connectivity index (χ0) is 19.4. The van der Waals surface area contributed by atoms with E-state index < -0.39 is 27.4 Å². The second-order valence-corrected chi connectivity index (χ2v) is 8.45. The average molecular weight is 382 g/mol. The molecule has 1 aromatic carbocycles. The first-order valence-corrected chi connectivity index (χ1v) is 10.4. The molecule has 7 nitrogen and oxygen atoms in total. The predicted molar refractivity (Wildman–Crippen MR) is 97.5 cm³/mol. The van der Waals surface area contributed by atoms with Gasteiger partial charge < -0.3 is 10.4 Å². The molecule has 1 saturated carbocycles. The van der Waals surface area contributed by atoms with Gasteiger partial charge >= 0.3 is 5.97 Å². The fourth-order valence-electron chi connectivity index (χ4n) is 3.33. The normalized spacial score (nSPS) is 17.0. The average Bonchev–Trinajstić information content (AvgIpc) is 2.63. The van der Waals surface area contributed by atoms with Crippen LogP contribution in [0.1, 0.15) is 56.3 Å². The monoisotopic (exact) mass is 382 g/mol. The van der Waals surface area contributed by atoms with Crippen LogP contribution < -0.4 is 5.32 Å². The van der Waals surface area contributed by atoms with Gasteiger partial charge in [-0.05, 0) is 37.1 Å². The van der Waals surface area contributed by atoms with E-state index in [0.29, 0.717) is 25.9 Å². The molecule has 1 fully saturated rings. The van der Waals surface area contributed by atoms with Gasteiger partial charge in [-0.2, -0.15) is 4.31 Å². The Balaban J connectivity index is 2.20. The van der Waals surface area contributed by atoms with E-state index in [1.165, 1.54) is 28.6 Å². The SMILES string of the molecule is CCN(CC)S(=O)(=O)c1ccc(C(=O)NC2(C(=O)O)CCCCC2)cc1. The summed E-state index contributed by atoms with van der Waals surface area (Å²) in [5.74, 6) is -1.52. The summed E-state index contributed by atoms with van der Waals surface area (Å²) in [7, 11) is -3.59. The zero-order valence-corrected chi connectivity index (χ0v) is 16.0. The van der Waals surface area contributed by atoms with Crippen LogP contribution in [0.2, 0.25) is 0 Å². The molecule has 1 aliphatic rings. The van der Waals surface area contributed by atoms with Crippen molar-refractivity contribution in [3.8, 4) is 0 Å². The molecule has 26 heavy (non-hydrogen) atoms. The van der Waals surface area contributed by atoms with Crippen molar-refractivity contribution in [2.75, 3.05) is 13.1 Å². The molecule has 0 bridgehead atoms. The quantitative estimate of drug-likeness (QED) is 0.753. The van der Waals surface area contributed by atoms with E-state index in [0.717, 1.165) is 19.3 Å². The first-order chi connectivity index (χ1) is 12.3. The van der Waals surface area contributed by atoms with Crippen LogP contribution in [-0.2, 0) is 14.8 Å². The zero-order valence-electron chi connectivity index (χ0n) is 15.2. The fourth-order valence-corrected chi connectivity index (χ4v) is 4.79. The van der Waals surface area contributed by atoms with E-state index in [-0.39, 0.29) is 10.5 Å². The topological polar surface area (TPSA) is 104 Å². The van der Waals surface area contributed by atoms with Crippen molar-refractivity contribution in [2.45, 2.75) is 56.4 Å². The molecule has 0 unspecified atom stereocenters. The lowest BCUT2D eigenvalue weighted by molar-refractivity contribution is -0.145. The number of carbonyl (C=O) groups is 2. The van der Waals surface area contributed by atoms with Gasteiger partial charge in [0, 0.05) is 18.7 Å². The molecule has 2 N–H and O–H groups in total. The summed E-state index contributed by atoms with van der Waals surface area (Å²) < 4.78 is 26.3. The number of nitrogens with zero attached hydrogens (tertiary/aromatic N) is 1. The number of carbonyl (C=O) groups excluding carboxylic acids is 1. The fraction of sp³-hybridized carbons (Fsp3) is 0.556. The van der Waals surface area contributed by atoms with E-state index in [4.69, 9.17) is 0 Å². The minimum Gasteiger partial charge on any atom is -0.480 e. The number of hydrogen-bond donors (Lipinski definition) is 2. The standard InChI is InChI=1S/C18H26N2O5S/c1-3-20(4-2)26(24,25)15-10-8-14(9-11-15)16(21)19-18(17(22)23)12-6-5-7-13-18/h8-11H,3-7,12-13H2,1-2H3,(H,19,21)(H,22,23). The van der Waals surface area contributed by atoms with Crippen LogP contribution in [0.3, 0.4) is 0 Å². The molecule has 0 radical (unpaired) electrons. The van der Waals surface area contributed by atoms with Crippen molar-refractivity contribution in [3.05, 3.63) is 29.8 Å². The van der Waals surface area contributed by atoms with Crippen LogP contribution in [0.5, 0.6) is 0 Å². The summed E-state index contributed by atoms with van der Waals surface area (Å²) in [6, 6.07) is 5.61. The molecule has 0 aromatic heterocycles. The Labute approximate surface area is 154 Å². The number of benzene rings is 1. The lowest BCUT2D eigenvalue weighted by atomic mass is 9.81. The molecular weight excluding hydrogens is 356 g/mol. The van der Waals surface area contributed by atoms with E-state index in [9.17, 15) is 23.1 Å². The van der Waals surface area contributed by atoms with E-state index in [1.54, 1.807) is 13.8 Å². The summed E-state index contributed by atoms with van der Waals surface area (Å²) >= 11 is 0. The van der Waals surface area contributed by atoms with E-state index in [2.05, 4.69) is 5.32 Å². The summed E-state index contributed by atoms with van der Waals surface area (Å²) in [5.41, 5.74) is -0.990. The second kappa shape index (κ2) is 8.18. The third-order valence-electron chi connectivity index (χ3n) is 4.93. The largest absolute Gasteiger partial charge is 0.480 e. The molecule has 1 aliphatic carbocycles. The highest BCUT2D eigenvalue weighted by atomic mass is 32.2. The van der Waals surface area contributed by atoms with Crippen molar-refractivity contribution < 1.29 is 23.1 Å². The van der Waals surface area contributed by atoms with Crippen LogP contribution in [0, 0.1) is 0 Å². The van der Waals surface area contributed by atoms with Gasteiger partial charge in [0.1, 0.15) is 5.54 Å². The molecule has 0 saturated heterocycles. The van der Waals surface area contributed by atoms with Gasteiger partial charge in [0.15, 0.2) is 0 Å². The molecule has 1 amide bonds. The van der Waals surface area contributed by atoms with Gasteiger partial charge in [0.05, 0.1) is 4.90 Å². The Hall–Kier alpha value is -1.93. The number of aliphatic carboxylic acids is 1. The Morgan fingerprint density at radius 2 is 1.62 bits per heavy atom. The lowest BCUT2D eigenvalue weighted by Gasteiger charge is -2.34. The van der Waals surface area contributed by atoms with Crippen molar-refractivity contribution in [3.63, 3.8) is 0 Å². The summed E-state index contributed by atoms with van der Waals surface area (Å²) in [6.45, 7) is 4.25. The summed E-state index contributed by atoms with van der Waals surface area (Å²) in [4.78, 5) is 24.3. The predicted octanol–water partition coefficient (Wildman–Crippen LogP) is 2.23. The molecular formula is C18H26N2O5S. The Kier molecular flexibility index (Phi) is 6.41.